The van der Waals surface area contributed by atoms with Crippen LogP contribution in [0.25, 0.3) is 0 Å². The number of nitrogens with two attached hydrogens (primary N) is 1. The molecule has 0 aromatic carbocycles. The number of hydrogen-bond acceptors (Lipinski definition) is 6. The molecule has 0 bridgehead atoms. The second-order valence-electron chi connectivity index (χ2n) is 4.83. The summed E-state index contributed by atoms with van der Waals surface area (Å²) < 4.78 is 0.916. The van der Waals surface area contributed by atoms with Crippen molar-refractivity contribution in [1.82, 2.24) is 15.5 Å². The highest BCUT2D eigenvalue weighted by Crippen LogP contribution is 2.29. The maximum atomic E-state index is 11.6. The standard InChI is InChI=1S/C11H20N4OS2/c1-7(2)14-11(4,9(12)16)5-8(3)18-10-15-13-6-17-10/h6-8,14H,5H2,1-4H3,(H2,12,16). The lowest BCUT2D eigenvalue weighted by Crippen LogP contribution is -2.56. The van der Waals surface area contributed by atoms with Gasteiger partial charge in [-0.25, -0.2) is 0 Å². The Hall–Kier alpha value is -0.660. The summed E-state index contributed by atoms with van der Waals surface area (Å²) in [5.74, 6) is -0.319. The summed E-state index contributed by atoms with van der Waals surface area (Å²) in [6.45, 7) is 7.93. The smallest absolute Gasteiger partial charge is 0.237 e. The Kier molecular flexibility index (Phi) is 5.55. The van der Waals surface area contributed by atoms with E-state index in [1.165, 1.54) is 11.3 Å². The van der Waals surface area contributed by atoms with Crippen molar-refractivity contribution in [3.05, 3.63) is 5.51 Å². The Balaban J connectivity index is 2.63. The van der Waals surface area contributed by atoms with E-state index < -0.39 is 5.54 Å². The zero-order valence-electron chi connectivity index (χ0n) is 11.1. The van der Waals surface area contributed by atoms with Gasteiger partial charge >= 0.3 is 0 Å². The SMILES string of the molecule is CC(C)NC(C)(CC(C)Sc1nncs1)C(N)=O. The Bertz CT molecular complexity index is 382. The average molecular weight is 288 g/mol. The fourth-order valence-corrected chi connectivity index (χ4v) is 3.85. The molecule has 7 heteroatoms. The third kappa shape index (κ3) is 4.55. The Morgan fingerprint density at radius 1 is 1.61 bits per heavy atom. The Morgan fingerprint density at radius 3 is 2.72 bits per heavy atom. The van der Waals surface area contributed by atoms with Crippen LogP contribution in [0.1, 0.15) is 34.1 Å². The highest BCUT2D eigenvalue weighted by Gasteiger charge is 2.33. The third-order valence-corrected chi connectivity index (χ3v) is 4.40. The van der Waals surface area contributed by atoms with E-state index in [0.29, 0.717) is 6.42 Å². The number of rotatable bonds is 7. The molecule has 0 fully saturated rings. The van der Waals surface area contributed by atoms with Gasteiger partial charge in [0.1, 0.15) is 5.51 Å². The van der Waals surface area contributed by atoms with Crippen LogP contribution < -0.4 is 11.1 Å². The average Bonchev–Trinajstić information content (AvgIpc) is 2.68. The molecule has 0 aliphatic carbocycles. The number of nitrogens with one attached hydrogen (secondary N) is 1. The molecule has 1 aromatic heterocycles. The van der Waals surface area contributed by atoms with E-state index in [2.05, 4.69) is 22.4 Å². The van der Waals surface area contributed by atoms with Gasteiger partial charge in [0.05, 0.1) is 5.54 Å². The van der Waals surface area contributed by atoms with E-state index in [1.807, 2.05) is 20.8 Å². The zero-order valence-corrected chi connectivity index (χ0v) is 12.8. The van der Waals surface area contributed by atoms with Crippen LogP contribution in [0.4, 0.5) is 0 Å². The first kappa shape index (κ1) is 15.4. The summed E-state index contributed by atoms with van der Waals surface area (Å²) in [5, 5.41) is 11.3. The largest absolute Gasteiger partial charge is 0.368 e. The molecule has 0 spiro atoms. The number of amides is 1. The van der Waals surface area contributed by atoms with E-state index in [0.717, 1.165) is 4.34 Å². The van der Waals surface area contributed by atoms with Crippen LogP contribution in [0.15, 0.2) is 9.85 Å². The van der Waals surface area contributed by atoms with Crippen molar-refractivity contribution in [2.24, 2.45) is 5.73 Å². The van der Waals surface area contributed by atoms with Crippen LogP contribution in [0.5, 0.6) is 0 Å². The van der Waals surface area contributed by atoms with Gasteiger partial charge in [-0.2, -0.15) is 0 Å². The molecule has 0 radical (unpaired) electrons. The molecular formula is C11H20N4OS2. The third-order valence-electron chi connectivity index (χ3n) is 2.49. The topological polar surface area (TPSA) is 80.9 Å². The van der Waals surface area contributed by atoms with Gasteiger partial charge in [-0.3, -0.25) is 4.79 Å². The monoisotopic (exact) mass is 288 g/mol. The maximum Gasteiger partial charge on any atom is 0.237 e. The van der Waals surface area contributed by atoms with Crippen LogP contribution in [0, 0.1) is 0 Å². The van der Waals surface area contributed by atoms with Crippen molar-refractivity contribution < 1.29 is 4.79 Å². The first-order valence-electron chi connectivity index (χ1n) is 5.84. The predicted octanol–water partition coefficient (Wildman–Crippen LogP) is 1.65. The zero-order chi connectivity index (χ0) is 13.8. The van der Waals surface area contributed by atoms with Crippen LogP contribution in [-0.2, 0) is 4.79 Å². The molecule has 0 aliphatic rings. The number of carbonyl (C=O) groups is 1. The molecule has 1 rings (SSSR count). The fourth-order valence-electron chi connectivity index (χ4n) is 1.87. The van der Waals surface area contributed by atoms with E-state index >= 15 is 0 Å². The molecule has 0 saturated carbocycles. The molecule has 5 nitrogen and oxygen atoms in total. The molecule has 102 valence electrons. The van der Waals surface area contributed by atoms with Gasteiger partial charge in [0.2, 0.25) is 5.91 Å². The lowest BCUT2D eigenvalue weighted by Gasteiger charge is -2.31. The summed E-state index contributed by atoms with van der Waals surface area (Å²) in [4.78, 5) is 11.6. The minimum absolute atomic E-state index is 0.209. The van der Waals surface area contributed by atoms with Crippen LogP contribution in [0.3, 0.4) is 0 Å². The number of carbonyl (C=O) groups excluding carboxylic acids is 1. The Labute approximate surface area is 116 Å². The summed E-state index contributed by atoms with van der Waals surface area (Å²) in [6, 6.07) is 0.209. The first-order chi connectivity index (χ1) is 8.33. The number of nitrogens with zero attached hydrogens (tertiary/aromatic N) is 2. The summed E-state index contributed by atoms with van der Waals surface area (Å²) >= 11 is 3.12. The minimum Gasteiger partial charge on any atom is -0.368 e. The predicted molar refractivity (Wildman–Crippen MR) is 75.7 cm³/mol. The highest BCUT2D eigenvalue weighted by atomic mass is 32.2. The van der Waals surface area contributed by atoms with Crippen molar-refractivity contribution >= 4 is 29.0 Å². The van der Waals surface area contributed by atoms with Crippen molar-refractivity contribution in [1.29, 1.82) is 0 Å². The van der Waals surface area contributed by atoms with Gasteiger partial charge in [-0.05, 0) is 27.2 Å². The van der Waals surface area contributed by atoms with Crippen LogP contribution in [-0.4, -0.2) is 32.9 Å². The number of aromatic nitrogens is 2. The Morgan fingerprint density at radius 2 is 2.28 bits per heavy atom. The maximum absolute atomic E-state index is 11.6. The molecule has 1 aromatic rings. The van der Waals surface area contributed by atoms with E-state index in [9.17, 15) is 4.79 Å². The summed E-state index contributed by atoms with van der Waals surface area (Å²) in [7, 11) is 0. The minimum atomic E-state index is -0.689. The van der Waals surface area contributed by atoms with Crippen LogP contribution >= 0.6 is 23.1 Å². The second-order valence-corrected chi connectivity index (χ2v) is 7.35. The van der Waals surface area contributed by atoms with Crippen molar-refractivity contribution in [3.63, 3.8) is 0 Å². The number of thioether (sulfide) groups is 1. The van der Waals surface area contributed by atoms with Gasteiger partial charge in [0.15, 0.2) is 4.34 Å². The lowest BCUT2D eigenvalue weighted by molar-refractivity contribution is -0.124. The molecule has 18 heavy (non-hydrogen) atoms. The van der Waals surface area contributed by atoms with Gasteiger partial charge in [0.25, 0.3) is 0 Å². The van der Waals surface area contributed by atoms with Crippen molar-refractivity contribution in [2.45, 2.75) is 55.3 Å². The molecule has 1 amide bonds. The molecule has 1 heterocycles. The molecule has 0 saturated heterocycles. The molecular weight excluding hydrogens is 268 g/mol. The van der Waals surface area contributed by atoms with E-state index in [-0.39, 0.29) is 17.2 Å². The van der Waals surface area contributed by atoms with Crippen molar-refractivity contribution in [3.8, 4) is 0 Å². The normalized spacial score (nSPS) is 16.5. The fraction of sp³-hybridized carbons (Fsp3) is 0.727. The van der Waals surface area contributed by atoms with Crippen molar-refractivity contribution in [2.75, 3.05) is 0 Å². The molecule has 3 N–H and O–H groups in total. The molecule has 0 aliphatic heterocycles. The quantitative estimate of drug-likeness (QED) is 0.746. The second kappa shape index (κ2) is 6.49. The first-order valence-corrected chi connectivity index (χ1v) is 7.60. The summed E-state index contributed by atoms with van der Waals surface area (Å²) in [5.41, 5.74) is 6.52. The summed E-state index contributed by atoms with van der Waals surface area (Å²) in [6.07, 6.45) is 0.658. The lowest BCUT2D eigenvalue weighted by atomic mass is 9.94. The molecule has 2 unspecified atom stereocenters. The van der Waals surface area contributed by atoms with E-state index in [4.69, 9.17) is 5.73 Å². The number of primary amides is 1. The highest BCUT2D eigenvalue weighted by molar-refractivity contribution is 8.01. The molecule has 2 atom stereocenters. The van der Waals surface area contributed by atoms with Crippen LogP contribution in [0.2, 0.25) is 0 Å². The van der Waals surface area contributed by atoms with Gasteiger partial charge in [0, 0.05) is 11.3 Å². The van der Waals surface area contributed by atoms with Gasteiger partial charge in [-0.1, -0.05) is 30.0 Å². The van der Waals surface area contributed by atoms with E-state index in [1.54, 1.807) is 17.3 Å². The van der Waals surface area contributed by atoms with Gasteiger partial charge < -0.3 is 11.1 Å². The van der Waals surface area contributed by atoms with Gasteiger partial charge in [-0.15, -0.1) is 10.2 Å². The number of hydrogen-bond donors (Lipinski definition) is 2.